The van der Waals surface area contributed by atoms with Crippen LogP contribution in [0.1, 0.15) is 0 Å². The van der Waals surface area contributed by atoms with Crippen LogP contribution in [0.2, 0.25) is 0 Å². The van der Waals surface area contributed by atoms with Crippen molar-refractivity contribution in [3.05, 3.63) is 0 Å². The van der Waals surface area contributed by atoms with Crippen molar-refractivity contribution >= 4 is 27.7 Å². The van der Waals surface area contributed by atoms with Crippen LogP contribution in [-0.4, -0.2) is 31.2 Å². The van der Waals surface area contributed by atoms with Gasteiger partial charge in [-0.3, -0.25) is 4.79 Å². The highest BCUT2D eigenvalue weighted by atomic mass is 35.5. The summed E-state index contributed by atoms with van der Waals surface area (Å²) in [5, 5.41) is 0. The zero-order chi connectivity index (χ0) is 7.78. The Morgan fingerprint density at radius 1 is 1.70 bits per heavy atom. The molecule has 0 aromatic rings. The minimum absolute atomic E-state index is 0.185. The predicted molar refractivity (Wildman–Crippen MR) is 34.5 cm³/mol. The van der Waals surface area contributed by atoms with Gasteiger partial charge in [0.25, 0.3) is 5.91 Å². The van der Waals surface area contributed by atoms with E-state index in [1.54, 1.807) is 0 Å². The summed E-state index contributed by atoms with van der Waals surface area (Å²) in [5.74, 6) is -0.519. The normalized spacial score (nSPS) is 23.7. The minimum Gasteiger partial charge on any atom is -0.272 e. The molecular formula is C3H5ClN2O3S. The third kappa shape index (κ3) is 1.09. The molecule has 1 saturated heterocycles. The highest BCUT2D eigenvalue weighted by molar-refractivity contribution is 7.88. The zero-order valence-electron chi connectivity index (χ0n) is 4.87. The molecular weight excluding hydrogens is 180 g/mol. The zero-order valence-corrected chi connectivity index (χ0v) is 6.44. The molecule has 0 bridgehead atoms. The quantitative estimate of drug-likeness (QED) is 0.414. The van der Waals surface area contributed by atoms with Crippen LogP contribution in [0.15, 0.2) is 0 Å². The van der Waals surface area contributed by atoms with E-state index in [0.29, 0.717) is 4.31 Å². The van der Waals surface area contributed by atoms with Crippen LogP contribution >= 0.6 is 11.6 Å². The second-order valence-electron chi connectivity index (χ2n) is 1.69. The van der Waals surface area contributed by atoms with Crippen molar-refractivity contribution in [2.75, 3.05) is 12.5 Å². The van der Waals surface area contributed by atoms with Gasteiger partial charge in [0.05, 0.1) is 6.54 Å². The summed E-state index contributed by atoms with van der Waals surface area (Å²) in [6, 6.07) is -0.325. The first kappa shape index (κ1) is 7.77. The van der Waals surface area contributed by atoms with E-state index in [4.69, 9.17) is 11.6 Å². The van der Waals surface area contributed by atoms with Crippen LogP contribution in [0.5, 0.6) is 0 Å². The van der Waals surface area contributed by atoms with Gasteiger partial charge in [-0.15, -0.1) is 11.6 Å². The monoisotopic (exact) mass is 184 g/mol. The van der Waals surface area contributed by atoms with E-state index >= 15 is 0 Å². The van der Waals surface area contributed by atoms with Crippen molar-refractivity contribution in [3.63, 3.8) is 0 Å². The molecule has 1 aliphatic heterocycles. The van der Waals surface area contributed by atoms with Gasteiger partial charge in [0.1, 0.15) is 6.00 Å². The van der Waals surface area contributed by atoms with Crippen molar-refractivity contribution in [2.45, 2.75) is 0 Å². The average molecular weight is 185 g/mol. The number of hydrogen-bond acceptors (Lipinski definition) is 3. The second kappa shape index (κ2) is 2.37. The van der Waals surface area contributed by atoms with Crippen molar-refractivity contribution in [3.8, 4) is 0 Å². The Morgan fingerprint density at radius 3 is 2.50 bits per heavy atom. The number of halogens is 1. The first-order valence-electron chi connectivity index (χ1n) is 2.44. The van der Waals surface area contributed by atoms with Crippen molar-refractivity contribution in [2.24, 2.45) is 0 Å². The predicted octanol–water partition coefficient (Wildman–Crippen LogP) is -1.14. The van der Waals surface area contributed by atoms with Crippen LogP contribution in [0.3, 0.4) is 0 Å². The molecule has 0 radical (unpaired) electrons. The molecule has 0 saturated carbocycles. The number of hydrogen-bond donors (Lipinski definition) is 1. The molecule has 1 amide bonds. The summed E-state index contributed by atoms with van der Waals surface area (Å²) < 4.78 is 24.0. The lowest BCUT2D eigenvalue weighted by Gasteiger charge is -2.07. The van der Waals surface area contributed by atoms with Crippen LogP contribution < -0.4 is 4.72 Å². The number of nitrogens with zero attached hydrogens (tertiary/aromatic N) is 1. The number of carbonyl (C=O) groups excluding carboxylic acids is 1. The van der Waals surface area contributed by atoms with E-state index < -0.39 is 16.1 Å². The smallest absolute Gasteiger partial charge is 0.272 e. The fourth-order valence-corrected chi connectivity index (χ4v) is 2.03. The molecule has 58 valence electrons. The highest BCUT2D eigenvalue weighted by Gasteiger charge is 2.33. The van der Waals surface area contributed by atoms with E-state index in [1.807, 2.05) is 4.72 Å². The van der Waals surface area contributed by atoms with Gasteiger partial charge in [-0.2, -0.15) is 13.1 Å². The lowest BCUT2D eigenvalue weighted by atomic mass is 10.6. The van der Waals surface area contributed by atoms with Gasteiger partial charge in [-0.25, -0.2) is 4.31 Å². The average Bonchev–Trinajstić information content (AvgIpc) is 2.07. The fourth-order valence-electron chi connectivity index (χ4n) is 0.584. The van der Waals surface area contributed by atoms with Crippen LogP contribution in [0, 0.1) is 0 Å². The van der Waals surface area contributed by atoms with E-state index in [-0.39, 0.29) is 12.5 Å². The first-order valence-corrected chi connectivity index (χ1v) is 4.41. The first-order chi connectivity index (χ1) is 4.58. The summed E-state index contributed by atoms with van der Waals surface area (Å²) in [7, 11) is -3.58. The number of amides is 1. The third-order valence-electron chi connectivity index (χ3n) is 1.08. The number of rotatable bonds is 1. The van der Waals surface area contributed by atoms with Crippen molar-refractivity contribution in [1.29, 1.82) is 0 Å². The summed E-state index contributed by atoms with van der Waals surface area (Å²) in [6.07, 6.45) is 0. The van der Waals surface area contributed by atoms with E-state index in [1.165, 1.54) is 0 Å². The molecule has 1 N–H and O–H groups in total. The Balaban J connectivity index is 2.95. The van der Waals surface area contributed by atoms with Gasteiger partial charge in [0, 0.05) is 0 Å². The largest absolute Gasteiger partial charge is 0.305 e. The number of alkyl halides is 1. The molecule has 1 rings (SSSR count). The minimum atomic E-state index is -3.58. The van der Waals surface area contributed by atoms with E-state index in [2.05, 4.69) is 0 Å². The third-order valence-corrected chi connectivity index (χ3v) is 2.89. The molecule has 0 aromatic heterocycles. The second-order valence-corrected chi connectivity index (χ2v) is 3.61. The molecule has 7 heteroatoms. The molecule has 0 aromatic carbocycles. The lowest BCUT2D eigenvalue weighted by Crippen LogP contribution is -2.30. The Labute approximate surface area is 63.1 Å². The topological polar surface area (TPSA) is 66.5 Å². The van der Waals surface area contributed by atoms with Crippen LogP contribution in [0.4, 0.5) is 0 Å². The maximum absolute atomic E-state index is 10.7. The Kier molecular flexibility index (Phi) is 1.84. The molecule has 0 aliphatic carbocycles. The summed E-state index contributed by atoms with van der Waals surface area (Å²) >= 11 is 5.17. The molecule has 1 aliphatic rings. The van der Waals surface area contributed by atoms with Crippen LogP contribution in [-0.2, 0) is 15.0 Å². The number of carbonyl (C=O) groups is 1. The Morgan fingerprint density at radius 2 is 2.30 bits per heavy atom. The summed E-state index contributed by atoms with van der Waals surface area (Å²) in [4.78, 5) is 10.6. The molecule has 0 atom stereocenters. The van der Waals surface area contributed by atoms with Gasteiger partial charge >= 0.3 is 10.2 Å². The maximum Gasteiger partial charge on any atom is 0.305 e. The van der Waals surface area contributed by atoms with Gasteiger partial charge in [-0.05, 0) is 0 Å². The van der Waals surface area contributed by atoms with Gasteiger partial charge in [-0.1, -0.05) is 0 Å². The van der Waals surface area contributed by atoms with Crippen molar-refractivity contribution < 1.29 is 13.2 Å². The van der Waals surface area contributed by atoms with Gasteiger partial charge < -0.3 is 0 Å². The van der Waals surface area contributed by atoms with E-state index in [9.17, 15) is 13.2 Å². The maximum atomic E-state index is 10.7. The van der Waals surface area contributed by atoms with Crippen LogP contribution in [0.25, 0.3) is 0 Å². The molecule has 5 nitrogen and oxygen atoms in total. The molecule has 0 spiro atoms. The Bertz CT molecular complexity index is 248. The van der Waals surface area contributed by atoms with Gasteiger partial charge in [0.15, 0.2) is 0 Å². The SMILES string of the molecule is O=C1CNS(=O)(=O)N1CCl. The molecule has 0 unspecified atom stereocenters. The molecule has 1 fully saturated rings. The Hall–Kier alpha value is -0.330. The highest BCUT2D eigenvalue weighted by Crippen LogP contribution is 2.05. The molecule has 1 heterocycles. The summed E-state index contributed by atoms with van der Waals surface area (Å²) in [5.41, 5.74) is 0. The van der Waals surface area contributed by atoms with Crippen molar-refractivity contribution in [1.82, 2.24) is 9.03 Å². The standard InChI is InChI=1S/C3H5ClN2O3S/c4-2-6-3(7)1-5-10(6,8)9/h5H,1-2H2. The van der Waals surface area contributed by atoms with Gasteiger partial charge in [0.2, 0.25) is 0 Å². The molecule has 10 heavy (non-hydrogen) atoms. The number of nitrogens with one attached hydrogen (secondary N) is 1. The van der Waals surface area contributed by atoms with E-state index in [0.717, 1.165) is 0 Å². The lowest BCUT2D eigenvalue weighted by molar-refractivity contribution is -0.123. The fraction of sp³-hybridized carbons (Fsp3) is 0.667. The summed E-state index contributed by atoms with van der Waals surface area (Å²) in [6.45, 7) is -0.185.